The van der Waals surface area contributed by atoms with Crippen LogP contribution in [0.25, 0.3) is 0 Å². The van der Waals surface area contributed by atoms with E-state index < -0.39 is 0 Å². The highest BCUT2D eigenvalue weighted by molar-refractivity contribution is 6.30. The molecule has 0 aliphatic carbocycles. The first-order chi connectivity index (χ1) is 7.89. The molecular weight excluding hydrogens is 230 g/mol. The average Bonchev–Trinajstić information content (AvgIpc) is 2.26. The Hall–Kier alpha value is -1.08. The van der Waals surface area contributed by atoms with Crippen molar-refractivity contribution in [3.8, 4) is 0 Å². The molecule has 0 spiro atoms. The maximum Gasteiger partial charge on any atom is 0.0586 e. The summed E-state index contributed by atoms with van der Waals surface area (Å²) in [5.41, 5.74) is 2.36. The molecule has 92 valence electrons. The highest BCUT2D eigenvalue weighted by Crippen LogP contribution is 2.16. The van der Waals surface area contributed by atoms with E-state index in [1.165, 1.54) is 5.57 Å². The predicted octanol–water partition coefficient (Wildman–Crippen LogP) is 4.89. The Morgan fingerprint density at radius 3 is 2.35 bits per heavy atom. The van der Waals surface area contributed by atoms with Crippen LogP contribution in [0.1, 0.15) is 39.7 Å². The molecule has 0 N–H and O–H groups in total. The Kier molecular flexibility index (Phi) is 4.95. The molecule has 0 aromatic heterocycles. The van der Waals surface area contributed by atoms with E-state index in [4.69, 9.17) is 11.6 Å². The molecular formula is C15H20ClN. The van der Waals surface area contributed by atoms with Gasteiger partial charge in [0, 0.05) is 11.2 Å². The zero-order valence-corrected chi connectivity index (χ0v) is 11.8. The Morgan fingerprint density at radius 1 is 1.24 bits per heavy atom. The third-order valence-electron chi connectivity index (χ3n) is 2.44. The maximum atomic E-state index is 5.83. The van der Waals surface area contributed by atoms with Gasteiger partial charge in [0.05, 0.1) is 5.54 Å². The van der Waals surface area contributed by atoms with Crippen molar-refractivity contribution in [3.63, 3.8) is 0 Å². The summed E-state index contributed by atoms with van der Waals surface area (Å²) in [6.45, 7) is 8.50. The zero-order valence-electron chi connectivity index (χ0n) is 11.0. The monoisotopic (exact) mass is 249 g/mol. The van der Waals surface area contributed by atoms with Crippen molar-refractivity contribution in [1.82, 2.24) is 0 Å². The molecule has 0 atom stereocenters. The second kappa shape index (κ2) is 6.02. The molecule has 1 nitrogen and oxygen atoms in total. The van der Waals surface area contributed by atoms with Crippen molar-refractivity contribution in [3.05, 3.63) is 46.5 Å². The lowest BCUT2D eigenvalue weighted by Gasteiger charge is -2.17. The first-order valence-electron chi connectivity index (χ1n) is 5.83. The van der Waals surface area contributed by atoms with Crippen LogP contribution < -0.4 is 0 Å². The van der Waals surface area contributed by atoms with Gasteiger partial charge in [0.25, 0.3) is 0 Å². The molecule has 1 rings (SSSR count). The minimum Gasteiger partial charge on any atom is -0.286 e. The van der Waals surface area contributed by atoms with Gasteiger partial charge in [-0.2, -0.15) is 0 Å². The van der Waals surface area contributed by atoms with E-state index in [1.807, 2.05) is 30.5 Å². The lowest BCUT2D eigenvalue weighted by atomic mass is 10.00. The van der Waals surface area contributed by atoms with Gasteiger partial charge < -0.3 is 0 Å². The van der Waals surface area contributed by atoms with Crippen molar-refractivity contribution in [2.75, 3.05) is 0 Å². The van der Waals surface area contributed by atoms with Gasteiger partial charge in [-0.1, -0.05) is 35.4 Å². The second-order valence-corrected chi connectivity index (χ2v) is 5.54. The molecule has 2 heteroatoms. The normalized spacial score (nSPS) is 11.8. The lowest BCUT2D eigenvalue weighted by Crippen LogP contribution is -2.15. The second-order valence-electron chi connectivity index (χ2n) is 5.11. The summed E-state index contributed by atoms with van der Waals surface area (Å²) in [5, 5.41) is 0.756. The summed E-state index contributed by atoms with van der Waals surface area (Å²) in [6.07, 6.45) is 5.09. The van der Waals surface area contributed by atoms with E-state index in [2.05, 4.69) is 38.8 Å². The zero-order chi connectivity index (χ0) is 12.9. The first-order valence-corrected chi connectivity index (χ1v) is 6.21. The molecule has 0 radical (unpaired) electrons. The van der Waals surface area contributed by atoms with Gasteiger partial charge in [0.1, 0.15) is 0 Å². The molecule has 1 aromatic carbocycles. The van der Waals surface area contributed by atoms with Crippen LogP contribution in [0.5, 0.6) is 0 Å². The Morgan fingerprint density at radius 2 is 1.82 bits per heavy atom. The number of benzene rings is 1. The van der Waals surface area contributed by atoms with Gasteiger partial charge in [-0.15, -0.1) is 0 Å². The standard InChI is InChI=1S/C15H20ClN/c1-12(2)9-10-15(3,4)17-11-13-5-7-14(16)8-6-13/h5-9,11H,10H2,1-4H3. The number of rotatable bonds is 4. The largest absolute Gasteiger partial charge is 0.286 e. The van der Waals surface area contributed by atoms with Crippen molar-refractivity contribution in [2.45, 2.75) is 39.7 Å². The molecule has 0 heterocycles. The number of hydrogen-bond acceptors (Lipinski definition) is 1. The summed E-state index contributed by atoms with van der Waals surface area (Å²) < 4.78 is 0. The summed E-state index contributed by atoms with van der Waals surface area (Å²) in [4.78, 5) is 4.62. The summed E-state index contributed by atoms with van der Waals surface area (Å²) in [6, 6.07) is 7.71. The van der Waals surface area contributed by atoms with E-state index in [0.717, 1.165) is 17.0 Å². The Balaban J connectivity index is 2.69. The van der Waals surface area contributed by atoms with Crippen LogP contribution in [-0.4, -0.2) is 11.8 Å². The van der Waals surface area contributed by atoms with Crippen molar-refractivity contribution in [2.24, 2.45) is 4.99 Å². The predicted molar refractivity (Wildman–Crippen MR) is 77.2 cm³/mol. The van der Waals surface area contributed by atoms with Crippen LogP contribution in [0.15, 0.2) is 40.9 Å². The van der Waals surface area contributed by atoms with Crippen LogP contribution in [-0.2, 0) is 0 Å². The van der Waals surface area contributed by atoms with Gasteiger partial charge >= 0.3 is 0 Å². The van der Waals surface area contributed by atoms with Crippen molar-refractivity contribution < 1.29 is 0 Å². The fourth-order valence-corrected chi connectivity index (χ4v) is 1.43. The summed E-state index contributed by atoms with van der Waals surface area (Å²) in [7, 11) is 0. The number of halogens is 1. The quantitative estimate of drug-likeness (QED) is 0.532. The van der Waals surface area contributed by atoms with Crippen LogP contribution in [0.4, 0.5) is 0 Å². The molecule has 1 aromatic rings. The van der Waals surface area contributed by atoms with Gasteiger partial charge in [0.15, 0.2) is 0 Å². The van der Waals surface area contributed by atoms with Crippen LogP contribution in [0.3, 0.4) is 0 Å². The number of allylic oxidation sites excluding steroid dienone is 1. The molecule has 0 amide bonds. The van der Waals surface area contributed by atoms with E-state index in [1.54, 1.807) is 0 Å². The van der Waals surface area contributed by atoms with Gasteiger partial charge in [-0.05, 0) is 51.8 Å². The van der Waals surface area contributed by atoms with E-state index >= 15 is 0 Å². The number of aliphatic imine (C=N–C) groups is 1. The average molecular weight is 250 g/mol. The fraction of sp³-hybridized carbons (Fsp3) is 0.400. The third kappa shape index (κ3) is 5.69. The molecule has 0 saturated heterocycles. The molecule has 0 aliphatic heterocycles. The summed E-state index contributed by atoms with van der Waals surface area (Å²) in [5.74, 6) is 0. The van der Waals surface area contributed by atoms with E-state index in [-0.39, 0.29) is 5.54 Å². The molecule has 0 fully saturated rings. The lowest BCUT2D eigenvalue weighted by molar-refractivity contribution is 0.532. The fourth-order valence-electron chi connectivity index (χ4n) is 1.30. The molecule has 0 aliphatic rings. The van der Waals surface area contributed by atoms with Crippen molar-refractivity contribution in [1.29, 1.82) is 0 Å². The van der Waals surface area contributed by atoms with Gasteiger partial charge in [-0.3, -0.25) is 4.99 Å². The van der Waals surface area contributed by atoms with Crippen LogP contribution >= 0.6 is 11.6 Å². The molecule has 0 saturated carbocycles. The third-order valence-corrected chi connectivity index (χ3v) is 2.69. The van der Waals surface area contributed by atoms with Crippen LogP contribution in [0, 0.1) is 0 Å². The van der Waals surface area contributed by atoms with Gasteiger partial charge in [0.2, 0.25) is 0 Å². The Labute approximate surface area is 109 Å². The minimum absolute atomic E-state index is 0.0586. The van der Waals surface area contributed by atoms with E-state index in [0.29, 0.717) is 0 Å². The topological polar surface area (TPSA) is 12.4 Å². The van der Waals surface area contributed by atoms with Crippen LogP contribution in [0.2, 0.25) is 5.02 Å². The highest BCUT2D eigenvalue weighted by Gasteiger charge is 2.12. The van der Waals surface area contributed by atoms with E-state index in [9.17, 15) is 0 Å². The molecule has 0 unspecified atom stereocenters. The summed E-state index contributed by atoms with van der Waals surface area (Å²) >= 11 is 5.83. The first kappa shape index (κ1) is 14.0. The Bertz CT molecular complexity index is 409. The SMILES string of the molecule is CC(C)=CCC(C)(C)N=Cc1ccc(Cl)cc1. The number of nitrogens with zero attached hydrogens (tertiary/aromatic N) is 1. The van der Waals surface area contributed by atoms with Gasteiger partial charge in [-0.25, -0.2) is 0 Å². The minimum atomic E-state index is -0.0586. The van der Waals surface area contributed by atoms with Crippen molar-refractivity contribution >= 4 is 17.8 Å². The molecule has 17 heavy (non-hydrogen) atoms. The smallest absolute Gasteiger partial charge is 0.0586 e. The highest BCUT2D eigenvalue weighted by atomic mass is 35.5. The number of hydrogen-bond donors (Lipinski definition) is 0. The maximum absolute atomic E-state index is 5.83. The molecule has 0 bridgehead atoms.